The Hall–Kier alpha value is -0.570. The van der Waals surface area contributed by atoms with E-state index in [1.54, 1.807) is 0 Å². The number of amides is 1. The van der Waals surface area contributed by atoms with Crippen LogP contribution in [0.4, 0.5) is 0 Å². The van der Waals surface area contributed by atoms with Gasteiger partial charge in [-0.2, -0.15) is 0 Å². The van der Waals surface area contributed by atoms with Gasteiger partial charge in [-0.15, -0.1) is 0 Å². The lowest BCUT2D eigenvalue weighted by atomic mass is 10.0. The normalized spacial score (nSPS) is 26.6. The lowest BCUT2D eigenvalue weighted by Crippen LogP contribution is -2.32. The van der Waals surface area contributed by atoms with Crippen molar-refractivity contribution in [3.63, 3.8) is 0 Å². The second-order valence-corrected chi connectivity index (χ2v) is 5.32. The van der Waals surface area contributed by atoms with Crippen molar-refractivity contribution in [2.75, 3.05) is 19.7 Å². The minimum atomic E-state index is 0.347. The molecule has 0 aromatic carbocycles. The second kappa shape index (κ2) is 7.00. The fourth-order valence-corrected chi connectivity index (χ4v) is 2.80. The predicted molar refractivity (Wildman–Crippen MR) is 67.9 cm³/mol. The van der Waals surface area contributed by atoms with Crippen LogP contribution in [0, 0.1) is 0 Å². The number of carbonyl (C=O) groups is 1. The highest BCUT2D eigenvalue weighted by atomic mass is 16.5. The van der Waals surface area contributed by atoms with Crippen LogP contribution >= 0.6 is 0 Å². The topological polar surface area (TPSA) is 29.5 Å². The van der Waals surface area contributed by atoms with Gasteiger partial charge in [0.1, 0.15) is 0 Å². The van der Waals surface area contributed by atoms with Crippen molar-refractivity contribution in [2.45, 2.75) is 63.9 Å². The number of nitrogens with zero attached hydrogens (tertiary/aromatic N) is 1. The van der Waals surface area contributed by atoms with Crippen molar-refractivity contribution >= 4 is 5.91 Å². The van der Waals surface area contributed by atoms with Gasteiger partial charge in [-0.3, -0.25) is 4.79 Å². The Morgan fingerprint density at radius 3 is 2.47 bits per heavy atom. The first kappa shape index (κ1) is 12.9. The lowest BCUT2D eigenvalue weighted by Gasteiger charge is -2.24. The first-order chi connectivity index (χ1) is 8.36. The van der Waals surface area contributed by atoms with E-state index in [0.717, 1.165) is 32.5 Å². The molecule has 2 saturated heterocycles. The summed E-state index contributed by atoms with van der Waals surface area (Å²) in [5.74, 6) is 0.348. The summed E-state index contributed by atoms with van der Waals surface area (Å²) in [6.45, 7) is 2.84. The van der Waals surface area contributed by atoms with Crippen LogP contribution in [-0.4, -0.2) is 36.6 Å². The van der Waals surface area contributed by atoms with E-state index < -0.39 is 0 Å². The molecule has 0 spiro atoms. The van der Waals surface area contributed by atoms with Crippen molar-refractivity contribution in [1.29, 1.82) is 0 Å². The van der Waals surface area contributed by atoms with E-state index >= 15 is 0 Å². The number of ether oxygens (including phenoxy) is 1. The minimum Gasteiger partial charge on any atom is -0.378 e. The molecule has 2 heterocycles. The van der Waals surface area contributed by atoms with Crippen LogP contribution in [0.5, 0.6) is 0 Å². The molecule has 3 heteroatoms. The van der Waals surface area contributed by atoms with E-state index in [9.17, 15) is 4.79 Å². The van der Waals surface area contributed by atoms with Gasteiger partial charge in [0.25, 0.3) is 0 Å². The Morgan fingerprint density at radius 1 is 1.06 bits per heavy atom. The van der Waals surface area contributed by atoms with Crippen LogP contribution in [0.25, 0.3) is 0 Å². The largest absolute Gasteiger partial charge is 0.378 e. The van der Waals surface area contributed by atoms with Gasteiger partial charge in [0.15, 0.2) is 0 Å². The van der Waals surface area contributed by atoms with Gasteiger partial charge in [-0.05, 0) is 38.5 Å². The van der Waals surface area contributed by atoms with Gasteiger partial charge >= 0.3 is 0 Å². The highest BCUT2D eigenvalue weighted by Crippen LogP contribution is 2.18. The second-order valence-electron chi connectivity index (χ2n) is 5.32. The SMILES string of the molecule is O=C(CCC1CCCCO1)N1CCCCCC1. The molecule has 0 aliphatic carbocycles. The summed E-state index contributed by atoms with van der Waals surface area (Å²) in [7, 11) is 0. The zero-order chi connectivity index (χ0) is 11.9. The number of likely N-dealkylation sites (tertiary alicyclic amines) is 1. The lowest BCUT2D eigenvalue weighted by molar-refractivity contribution is -0.132. The van der Waals surface area contributed by atoms with E-state index in [2.05, 4.69) is 4.90 Å². The molecule has 2 rings (SSSR count). The van der Waals surface area contributed by atoms with Gasteiger partial charge in [0.05, 0.1) is 6.10 Å². The fraction of sp³-hybridized carbons (Fsp3) is 0.929. The summed E-state index contributed by atoms with van der Waals surface area (Å²) in [5, 5.41) is 0. The molecule has 0 bridgehead atoms. The maximum atomic E-state index is 12.1. The average Bonchev–Trinajstić information content (AvgIpc) is 2.66. The highest BCUT2D eigenvalue weighted by Gasteiger charge is 2.19. The third kappa shape index (κ3) is 4.30. The molecule has 1 amide bonds. The molecule has 0 saturated carbocycles. The van der Waals surface area contributed by atoms with Crippen LogP contribution in [0.2, 0.25) is 0 Å². The number of carbonyl (C=O) groups excluding carboxylic acids is 1. The van der Waals surface area contributed by atoms with E-state index in [1.807, 2.05) is 0 Å². The first-order valence-electron chi connectivity index (χ1n) is 7.25. The highest BCUT2D eigenvalue weighted by molar-refractivity contribution is 5.76. The zero-order valence-corrected chi connectivity index (χ0v) is 10.8. The van der Waals surface area contributed by atoms with Crippen molar-refractivity contribution < 1.29 is 9.53 Å². The Bertz CT molecular complexity index is 228. The Morgan fingerprint density at radius 2 is 1.82 bits per heavy atom. The maximum Gasteiger partial charge on any atom is 0.222 e. The first-order valence-corrected chi connectivity index (χ1v) is 7.25. The van der Waals surface area contributed by atoms with Gasteiger partial charge in [-0.1, -0.05) is 12.8 Å². The minimum absolute atomic E-state index is 0.347. The fourth-order valence-electron chi connectivity index (χ4n) is 2.80. The third-order valence-electron chi connectivity index (χ3n) is 3.91. The summed E-state index contributed by atoms with van der Waals surface area (Å²) in [6, 6.07) is 0. The smallest absolute Gasteiger partial charge is 0.222 e. The van der Waals surface area contributed by atoms with Crippen molar-refractivity contribution in [2.24, 2.45) is 0 Å². The molecule has 17 heavy (non-hydrogen) atoms. The number of hydrogen-bond acceptors (Lipinski definition) is 2. The summed E-state index contributed by atoms with van der Waals surface area (Å²) < 4.78 is 5.67. The molecule has 1 atom stereocenters. The summed E-state index contributed by atoms with van der Waals surface area (Å²) in [5.41, 5.74) is 0. The molecule has 2 aliphatic heterocycles. The van der Waals surface area contributed by atoms with Crippen molar-refractivity contribution in [3.8, 4) is 0 Å². The molecule has 0 N–H and O–H groups in total. The van der Waals surface area contributed by atoms with Crippen LogP contribution in [0.15, 0.2) is 0 Å². The molecule has 0 aromatic rings. The molecule has 3 nitrogen and oxygen atoms in total. The summed E-state index contributed by atoms with van der Waals surface area (Å²) in [6.07, 6.45) is 10.5. The van der Waals surface area contributed by atoms with Gasteiger partial charge in [0, 0.05) is 26.1 Å². The standard InChI is InChI=1S/C14H25NO2/c16-14(15-10-4-1-2-5-11-15)9-8-13-7-3-6-12-17-13/h13H,1-12H2. The van der Waals surface area contributed by atoms with Crippen molar-refractivity contribution in [1.82, 2.24) is 4.90 Å². The zero-order valence-electron chi connectivity index (χ0n) is 10.8. The monoisotopic (exact) mass is 239 g/mol. The summed E-state index contributed by atoms with van der Waals surface area (Å²) in [4.78, 5) is 14.1. The molecular formula is C14H25NO2. The Balaban J connectivity index is 1.68. The van der Waals surface area contributed by atoms with Crippen LogP contribution in [0.1, 0.15) is 57.8 Å². The number of rotatable bonds is 3. The van der Waals surface area contributed by atoms with Gasteiger partial charge < -0.3 is 9.64 Å². The van der Waals surface area contributed by atoms with Gasteiger partial charge in [-0.25, -0.2) is 0 Å². The molecular weight excluding hydrogens is 214 g/mol. The van der Waals surface area contributed by atoms with E-state index in [4.69, 9.17) is 4.74 Å². The van der Waals surface area contributed by atoms with Crippen LogP contribution < -0.4 is 0 Å². The maximum absolute atomic E-state index is 12.1. The van der Waals surface area contributed by atoms with Crippen LogP contribution in [0.3, 0.4) is 0 Å². The average molecular weight is 239 g/mol. The third-order valence-corrected chi connectivity index (χ3v) is 3.91. The van der Waals surface area contributed by atoms with E-state index in [-0.39, 0.29) is 0 Å². The van der Waals surface area contributed by atoms with E-state index in [0.29, 0.717) is 18.4 Å². The molecule has 0 radical (unpaired) electrons. The van der Waals surface area contributed by atoms with Crippen LogP contribution in [-0.2, 0) is 9.53 Å². The molecule has 2 aliphatic rings. The molecule has 0 aromatic heterocycles. The van der Waals surface area contributed by atoms with E-state index in [1.165, 1.54) is 38.5 Å². The van der Waals surface area contributed by atoms with Crippen molar-refractivity contribution in [3.05, 3.63) is 0 Å². The number of hydrogen-bond donors (Lipinski definition) is 0. The van der Waals surface area contributed by atoms with Gasteiger partial charge in [0.2, 0.25) is 5.91 Å². The molecule has 98 valence electrons. The molecule has 1 unspecified atom stereocenters. The Kier molecular flexibility index (Phi) is 5.30. The summed E-state index contributed by atoms with van der Waals surface area (Å²) >= 11 is 0. The predicted octanol–water partition coefficient (Wildman–Crippen LogP) is 2.74. The molecule has 2 fully saturated rings. The quantitative estimate of drug-likeness (QED) is 0.758. The Labute approximate surface area is 105 Å².